The molecule has 0 saturated carbocycles. The van der Waals surface area contributed by atoms with E-state index in [-0.39, 0.29) is 0 Å². The summed E-state index contributed by atoms with van der Waals surface area (Å²) in [5.74, 6) is 1.77. The molecule has 0 aliphatic rings. The maximum absolute atomic E-state index is 5.86. The van der Waals surface area contributed by atoms with E-state index in [1.54, 1.807) is 0 Å². The van der Waals surface area contributed by atoms with Crippen LogP contribution in [0.4, 0.5) is 0 Å². The molecule has 1 aromatic rings. The molecule has 0 fully saturated rings. The summed E-state index contributed by atoms with van der Waals surface area (Å²) in [4.78, 5) is 0. The van der Waals surface area contributed by atoms with Gasteiger partial charge < -0.3 is 10.1 Å². The standard InChI is InChI=1S/C18H31NO/c1-5-12-19-17(10-9-15(2)3)11-13-20-18-8-6-7-16(4)14-18/h6-8,14-15,17,19H,5,9-13H2,1-4H3. The van der Waals surface area contributed by atoms with Crippen molar-refractivity contribution >= 4 is 0 Å². The molecule has 0 saturated heterocycles. The largest absolute Gasteiger partial charge is 0.494 e. The van der Waals surface area contributed by atoms with Crippen LogP contribution in [0.2, 0.25) is 0 Å². The molecule has 1 rings (SSSR count). The van der Waals surface area contributed by atoms with Crippen molar-refractivity contribution in [3.63, 3.8) is 0 Å². The minimum atomic E-state index is 0.585. The molecule has 1 atom stereocenters. The zero-order valence-electron chi connectivity index (χ0n) is 13.6. The van der Waals surface area contributed by atoms with Crippen LogP contribution in [-0.4, -0.2) is 19.2 Å². The molecule has 0 amide bonds. The topological polar surface area (TPSA) is 21.3 Å². The first-order valence-electron chi connectivity index (χ1n) is 8.04. The van der Waals surface area contributed by atoms with Crippen molar-refractivity contribution in [1.82, 2.24) is 5.32 Å². The summed E-state index contributed by atoms with van der Waals surface area (Å²) in [5.41, 5.74) is 1.25. The summed E-state index contributed by atoms with van der Waals surface area (Å²) in [7, 11) is 0. The van der Waals surface area contributed by atoms with Crippen molar-refractivity contribution in [2.24, 2.45) is 5.92 Å². The average molecular weight is 277 g/mol. The van der Waals surface area contributed by atoms with Gasteiger partial charge in [-0.05, 0) is 62.8 Å². The number of hydrogen-bond acceptors (Lipinski definition) is 2. The highest BCUT2D eigenvalue weighted by Crippen LogP contribution is 2.14. The molecular weight excluding hydrogens is 246 g/mol. The molecule has 1 unspecified atom stereocenters. The molecule has 0 aliphatic heterocycles. The fourth-order valence-electron chi connectivity index (χ4n) is 2.26. The predicted octanol–water partition coefficient (Wildman–Crippen LogP) is 4.57. The van der Waals surface area contributed by atoms with E-state index >= 15 is 0 Å². The molecule has 0 heterocycles. The van der Waals surface area contributed by atoms with Gasteiger partial charge in [-0.3, -0.25) is 0 Å². The van der Waals surface area contributed by atoms with E-state index in [1.807, 2.05) is 6.07 Å². The van der Waals surface area contributed by atoms with E-state index in [1.165, 1.54) is 24.8 Å². The Hall–Kier alpha value is -1.02. The highest BCUT2D eigenvalue weighted by molar-refractivity contribution is 5.27. The van der Waals surface area contributed by atoms with Crippen LogP contribution in [0.3, 0.4) is 0 Å². The quantitative estimate of drug-likeness (QED) is 0.676. The number of nitrogens with one attached hydrogen (secondary N) is 1. The van der Waals surface area contributed by atoms with Crippen LogP contribution in [0.5, 0.6) is 5.75 Å². The highest BCUT2D eigenvalue weighted by Gasteiger charge is 2.09. The molecule has 1 N–H and O–H groups in total. The van der Waals surface area contributed by atoms with Gasteiger partial charge in [0.2, 0.25) is 0 Å². The first kappa shape index (κ1) is 17.0. The normalized spacial score (nSPS) is 12.7. The zero-order chi connectivity index (χ0) is 14.8. The average Bonchev–Trinajstić information content (AvgIpc) is 2.41. The lowest BCUT2D eigenvalue weighted by Gasteiger charge is -2.19. The van der Waals surface area contributed by atoms with E-state index in [4.69, 9.17) is 4.74 Å². The number of rotatable bonds is 10. The molecule has 2 nitrogen and oxygen atoms in total. The van der Waals surface area contributed by atoms with Gasteiger partial charge in [0.1, 0.15) is 5.75 Å². The fraction of sp³-hybridized carbons (Fsp3) is 0.667. The summed E-state index contributed by atoms with van der Waals surface area (Å²) in [6.45, 7) is 10.8. The second kappa shape index (κ2) is 9.82. The van der Waals surface area contributed by atoms with Gasteiger partial charge in [-0.15, -0.1) is 0 Å². The Morgan fingerprint density at radius 3 is 2.60 bits per heavy atom. The highest BCUT2D eigenvalue weighted by atomic mass is 16.5. The second-order valence-corrected chi connectivity index (χ2v) is 6.08. The van der Waals surface area contributed by atoms with Gasteiger partial charge in [-0.25, -0.2) is 0 Å². The summed E-state index contributed by atoms with van der Waals surface area (Å²) in [6.07, 6.45) is 4.80. The summed E-state index contributed by atoms with van der Waals surface area (Å²) < 4.78 is 5.86. The number of hydrogen-bond donors (Lipinski definition) is 1. The molecule has 2 heteroatoms. The van der Waals surface area contributed by atoms with Gasteiger partial charge in [-0.1, -0.05) is 32.9 Å². The van der Waals surface area contributed by atoms with E-state index in [0.29, 0.717) is 6.04 Å². The van der Waals surface area contributed by atoms with Gasteiger partial charge in [0.15, 0.2) is 0 Å². The molecule has 0 bridgehead atoms. The van der Waals surface area contributed by atoms with Crippen molar-refractivity contribution in [3.8, 4) is 5.75 Å². The molecule has 0 aromatic heterocycles. The first-order valence-corrected chi connectivity index (χ1v) is 8.04. The molecule has 0 spiro atoms. The molecule has 0 aliphatic carbocycles. The van der Waals surface area contributed by atoms with Crippen LogP contribution in [0.15, 0.2) is 24.3 Å². The Morgan fingerprint density at radius 1 is 1.15 bits per heavy atom. The Kier molecular flexibility index (Phi) is 8.36. The molecule has 1 aromatic carbocycles. The van der Waals surface area contributed by atoms with Crippen molar-refractivity contribution < 1.29 is 4.74 Å². The van der Waals surface area contributed by atoms with Crippen molar-refractivity contribution in [2.45, 2.75) is 59.4 Å². The van der Waals surface area contributed by atoms with Crippen LogP contribution in [0.1, 0.15) is 52.0 Å². The van der Waals surface area contributed by atoms with Crippen LogP contribution < -0.4 is 10.1 Å². The third-order valence-electron chi connectivity index (χ3n) is 3.50. The Labute approximate surface area is 124 Å². The third-order valence-corrected chi connectivity index (χ3v) is 3.50. The summed E-state index contributed by atoms with van der Waals surface area (Å²) >= 11 is 0. The van der Waals surface area contributed by atoms with E-state index in [9.17, 15) is 0 Å². The molecule has 0 radical (unpaired) electrons. The minimum Gasteiger partial charge on any atom is -0.494 e. The van der Waals surface area contributed by atoms with E-state index in [2.05, 4.69) is 51.2 Å². The van der Waals surface area contributed by atoms with Gasteiger partial charge in [-0.2, -0.15) is 0 Å². The molecule has 114 valence electrons. The summed E-state index contributed by atoms with van der Waals surface area (Å²) in [5, 5.41) is 3.64. The molecule has 20 heavy (non-hydrogen) atoms. The summed E-state index contributed by atoms with van der Waals surface area (Å²) in [6, 6.07) is 8.87. The monoisotopic (exact) mass is 277 g/mol. The van der Waals surface area contributed by atoms with Crippen LogP contribution >= 0.6 is 0 Å². The lowest BCUT2D eigenvalue weighted by molar-refractivity contribution is 0.276. The van der Waals surface area contributed by atoms with Gasteiger partial charge in [0.05, 0.1) is 6.61 Å². The van der Waals surface area contributed by atoms with Crippen molar-refractivity contribution in [3.05, 3.63) is 29.8 Å². The minimum absolute atomic E-state index is 0.585. The fourth-order valence-corrected chi connectivity index (χ4v) is 2.26. The van der Waals surface area contributed by atoms with Crippen molar-refractivity contribution in [2.75, 3.05) is 13.2 Å². The Morgan fingerprint density at radius 2 is 1.95 bits per heavy atom. The zero-order valence-corrected chi connectivity index (χ0v) is 13.6. The lowest BCUT2D eigenvalue weighted by Crippen LogP contribution is -2.31. The van der Waals surface area contributed by atoms with E-state index < -0.39 is 0 Å². The van der Waals surface area contributed by atoms with Crippen LogP contribution in [0.25, 0.3) is 0 Å². The second-order valence-electron chi connectivity index (χ2n) is 6.08. The number of aryl methyl sites for hydroxylation is 1. The van der Waals surface area contributed by atoms with Gasteiger partial charge >= 0.3 is 0 Å². The Balaban J connectivity index is 2.32. The van der Waals surface area contributed by atoms with Crippen LogP contribution in [0, 0.1) is 12.8 Å². The maximum Gasteiger partial charge on any atom is 0.119 e. The van der Waals surface area contributed by atoms with Crippen LogP contribution in [-0.2, 0) is 0 Å². The lowest BCUT2D eigenvalue weighted by atomic mass is 10.0. The van der Waals surface area contributed by atoms with E-state index in [0.717, 1.165) is 31.2 Å². The predicted molar refractivity (Wildman–Crippen MR) is 87.4 cm³/mol. The van der Waals surface area contributed by atoms with Gasteiger partial charge in [0.25, 0.3) is 0 Å². The maximum atomic E-state index is 5.86. The van der Waals surface area contributed by atoms with Crippen molar-refractivity contribution in [1.29, 1.82) is 0 Å². The number of ether oxygens (including phenoxy) is 1. The third kappa shape index (κ3) is 7.54. The number of benzene rings is 1. The SMILES string of the molecule is CCCNC(CCOc1cccc(C)c1)CCC(C)C. The smallest absolute Gasteiger partial charge is 0.119 e. The molecular formula is C18H31NO. The van der Waals surface area contributed by atoms with Gasteiger partial charge in [0, 0.05) is 6.04 Å². The Bertz CT molecular complexity index is 362. The first-order chi connectivity index (χ1) is 9.61.